The minimum Gasteiger partial charge on any atom is -0.408 e. The fraction of sp³-hybridized carbons (Fsp3) is 0.500. The first-order chi connectivity index (χ1) is 9.15. The molecule has 0 amide bonds. The quantitative estimate of drug-likeness (QED) is 0.893. The predicted molar refractivity (Wildman–Crippen MR) is 74.2 cm³/mol. The molecule has 0 saturated carbocycles. The third-order valence-corrected chi connectivity index (χ3v) is 3.95. The number of likely N-dealkylation sites (N-methyl/N-ethyl adjacent to an activating group) is 1. The first-order valence-corrected chi connectivity index (χ1v) is 6.64. The van der Waals surface area contributed by atoms with Crippen LogP contribution in [-0.2, 0) is 13.6 Å². The SMILES string of the molecule is CN(Cc1ccc2oc(=O)n(C)c2c1)C1CCNC1. The van der Waals surface area contributed by atoms with Crippen LogP contribution in [0.3, 0.4) is 0 Å². The number of aromatic nitrogens is 1. The van der Waals surface area contributed by atoms with Crippen molar-refractivity contribution in [3.05, 3.63) is 34.3 Å². The van der Waals surface area contributed by atoms with Crippen LogP contribution >= 0.6 is 0 Å². The molecule has 5 heteroatoms. The van der Waals surface area contributed by atoms with E-state index in [4.69, 9.17) is 4.42 Å². The highest BCUT2D eigenvalue weighted by atomic mass is 16.4. The van der Waals surface area contributed by atoms with Crippen LogP contribution < -0.4 is 11.1 Å². The number of nitrogens with one attached hydrogen (secondary N) is 1. The summed E-state index contributed by atoms with van der Waals surface area (Å²) >= 11 is 0. The highest BCUT2D eigenvalue weighted by Gasteiger charge is 2.19. The summed E-state index contributed by atoms with van der Waals surface area (Å²) in [6.45, 7) is 3.05. The molecule has 2 aromatic rings. The van der Waals surface area contributed by atoms with Crippen LogP contribution in [0, 0.1) is 0 Å². The summed E-state index contributed by atoms with van der Waals surface area (Å²) in [5.74, 6) is -0.305. The van der Waals surface area contributed by atoms with Crippen LogP contribution in [0.5, 0.6) is 0 Å². The lowest BCUT2D eigenvalue weighted by Gasteiger charge is -2.23. The van der Waals surface area contributed by atoms with Crippen molar-refractivity contribution in [1.82, 2.24) is 14.8 Å². The first-order valence-electron chi connectivity index (χ1n) is 6.64. The maximum atomic E-state index is 11.5. The van der Waals surface area contributed by atoms with E-state index in [1.54, 1.807) is 11.6 Å². The van der Waals surface area contributed by atoms with E-state index in [2.05, 4.69) is 17.3 Å². The van der Waals surface area contributed by atoms with Crippen molar-refractivity contribution >= 4 is 11.1 Å². The summed E-state index contributed by atoms with van der Waals surface area (Å²) in [5, 5.41) is 3.38. The lowest BCUT2D eigenvalue weighted by Crippen LogP contribution is -2.32. The molecule has 1 aliphatic rings. The van der Waals surface area contributed by atoms with Crippen LogP contribution in [0.1, 0.15) is 12.0 Å². The van der Waals surface area contributed by atoms with Crippen LogP contribution in [0.15, 0.2) is 27.4 Å². The van der Waals surface area contributed by atoms with E-state index in [0.29, 0.717) is 11.6 Å². The van der Waals surface area contributed by atoms with Gasteiger partial charge in [-0.15, -0.1) is 0 Å². The molecule has 2 heterocycles. The second kappa shape index (κ2) is 4.83. The summed E-state index contributed by atoms with van der Waals surface area (Å²) in [4.78, 5) is 13.8. The van der Waals surface area contributed by atoms with E-state index in [1.807, 2.05) is 18.2 Å². The Morgan fingerprint density at radius 2 is 2.37 bits per heavy atom. The molecule has 1 aromatic carbocycles. The van der Waals surface area contributed by atoms with Gasteiger partial charge in [-0.1, -0.05) is 6.07 Å². The third kappa shape index (κ3) is 2.31. The van der Waals surface area contributed by atoms with Crippen LogP contribution in [0.2, 0.25) is 0 Å². The molecule has 1 saturated heterocycles. The molecule has 0 bridgehead atoms. The van der Waals surface area contributed by atoms with Crippen molar-refractivity contribution < 1.29 is 4.42 Å². The molecule has 1 unspecified atom stereocenters. The van der Waals surface area contributed by atoms with Crippen LogP contribution in [0.25, 0.3) is 11.1 Å². The van der Waals surface area contributed by atoms with Gasteiger partial charge in [0.2, 0.25) is 0 Å². The van der Waals surface area contributed by atoms with E-state index in [0.717, 1.165) is 25.2 Å². The number of hydrogen-bond acceptors (Lipinski definition) is 4. The van der Waals surface area contributed by atoms with Crippen molar-refractivity contribution in [2.45, 2.75) is 19.0 Å². The predicted octanol–water partition coefficient (Wildman–Crippen LogP) is 0.925. The van der Waals surface area contributed by atoms with Crippen LogP contribution in [0.4, 0.5) is 0 Å². The zero-order valence-corrected chi connectivity index (χ0v) is 11.3. The van der Waals surface area contributed by atoms with Gasteiger partial charge in [0, 0.05) is 26.2 Å². The monoisotopic (exact) mass is 261 g/mol. The fourth-order valence-corrected chi connectivity index (χ4v) is 2.70. The number of oxazole rings is 1. The number of benzene rings is 1. The molecule has 1 atom stereocenters. The largest absolute Gasteiger partial charge is 0.419 e. The zero-order chi connectivity index (χ0) is 13.4. The molecule has 0 spiro atoms. The number of aryl methyl sites for hydroxylation is 1. The van der Waals surface area contributed by atoms with Gasteiger partial charge in [0.15, 0.2) is 5.58 Å². The number of hydrogen-bond donors (Lipinski definition) is 1. The Hall–Kier alpha value is -1.59. The molecule has 0 aliphatic carbocycles. The van der Waals surface area contributed by atoms with Crippen molar-refractivity contribution in [3.63, 3.8) is 0 Å². The number of fused-ring (bicyclic) bond motifs is 1. The van der Waals surface area contributed by atoms with Gasteiger partial charge in [-0.3, -0.25) is 9.47 Å². The summed E-state index contributed by atoms with van der Waals surface area (Å²) < 4.78 is 6.69. The smallest absolute Gasteiger partial charge is 0.408 e. The zero-order valence-electron chi connectivity index (χ0n) is 11.3. The van der Waals surface area contributed by atoms with Gasteiger partial charge in [0.25, 0.3) is 0 Å². The minimum atomic E-state index is -0.305. The average Bonchev–Trinajstić information content (AvgIpc) is 3.01. The van der Waals surface area contributed by atoms with Crippen molar-refractivity contribution in [3.8, 4) is 0 Å². The van der Waals surface area contributed by atoms with Gasteiger partial charge in [-0.25, -0.2) is 4.79 Å². The maximum Gasteiger partial charge on any atom is 0.419 e. The van der Waals surface area contributed by atoms with Gasteiger partial charge >= 0.3 is 5.76 Å². The van der Waals surface area contributed by atoms with Gasteiger partial charge < -0.3 is 9.73 Å². The Bertz CT molecular complexity index is 638. The van der Waals surface area contributed by atoms with E-state index in [1.165, 1.54) is 12.0 Å². The topological polar surface area (TPSA) is 50.4 Å². The molecule has 1 aromatic heterocycles. The van der Waals surface area contributed by atoms with E-state index in [9.17, 15) is 4.79 Å². The molecule has 1 aliphatic heterocycles. The molecule has 1 N–H and O–H groups in total. The highest BCUT2D eigenvalue weighted by molar-refractivity contribution is 5.73. The third-order valence-electron chi connectivity index (χ3n) is 3.95. The lowest BCUT2D eigenvalue weighted by atomic mass is 10.1. The molecule has 5 nitrogen and oxygen atoms in total. The summed E-state index contributed by atoms with van der Waals surface area (Å²) in [6.07, 6.45) is 1.20. The van der Waals surface area contributed by atoms with Gasteiger partial charge in [0.1, 0.15) is 0 Å². The maximum absolute atomic E-state index is 11.5. The molecule has 0 radical (unpaired) electrons. The normalized spacial score (nSPS) is 19.6. The standard InChI is InChI=1S/C14H19N3O2/c1-16(11-5-6-15-8-11)9-10-3-4-13-12(7-10)17(2)14(18)19-13/h3-4,7,11,15H,5-6,8-9H2,1-2H3. The first kappa shape index (κ1) is 12.4. The second-order valence-electron chi connectivity index (χ2n) is 5.29. The van der Waals surface area contributed by atoms with E-state index < -0.39 is 0 Å². The Morgan fingerprint density at radius 1 is 1.53 bits per heavy atom. The summed E-state index contributed by atoms with van der Waals surface area (Å²) in [7, 11) is 3.89. The number of rotatable bonds is 3. The average molecular weight is 261 g/mol. The van der Waals surface area contributed by atoms with Gasteiger partial charge in [-0.05, 0) is 37.7 Å². The summed E-state index contributed by atoms with van der Waals surface area (Å²) in [6, 6.07) is 6.56. The molecule has 19 heavy (non-hydrogen) atoms. The molecular weight excluding hydrogens is 242 g/mol. The number of nitrogens with zero attached hydrogens (tertiary/aromatic N) is 2. The Labute approximate surface area is 111 Å². The van der Waals surface area contributed by atoms with E-state index >= 15 is 0 Å². The Kier molecular flexibility index (Phi) is 3.16. The lowest BCUT2D eigenvalue weighted by molar-refractivity contribution is 0.249. The fourth-order valence-electron chi connectivity index (χ4n) is 2.70. The highest BCUT2D eigenvalue weighted by Crippen LogP contribution is 2.17. The minimum absolute atomic E-state index is 0.305. The van der Waals surface area contributed by atoms with Gasteiger partial charge in [-0.2, -0.15) is 0 Å². The Balaban J connectivity index is 1.84. The molecule has 102 valence electrons. The van der Waals surface area contributed by atoms with Crippen molar-refractivity contribution in [2.24, 2.45) is 7.05 Å². The summed E-state index contributed by atoms with van der Waals surface area (Å²) in [5.41, 5.74) is 2.72. The van der Waals surface area contributed by atoms with Crippen LogP contribution in [-0.4, -0.2) is 35.6 Å². The van der Waals surface area contributed by atoms with Crippen molar-refractivity contribution in [2.75, 3.05) is 20.1 Å². The molecule has 3 rings (SSSR count). The van der Waals surface area contributed by atoms with Gasteiger partial charge in [0.05, 0.1) is 5.52 Å². The molecular formula is C14H19N3O2. The Morgan fingerprint density at radius 3 is 3.11 bits per heavy atom. The second-order valence-corrected chi connectivity index (χ2v) is 5.29. The van der Waals surface area contributed by atoms with Crippen molar-refractivity contribution in [1.29, 1.82) is 0 Å². The molecule has 1 fully saturated rings. The van der Waals surface area contributed by atoms with E-state index in [-0.39, 0.29) is 5.76 Å².